The van der Waals surface area contributed by atoms with E-state index in [9.17, 15) is 15.3 Å². The van der Waals surface area contributed by atoms with Crippen LogP contribution >= 0.6 is 0 Å². The molecule has 0 saturated carbocycles. The van der Waals surface area contributed by atoms with Crippen molar-refractivity contribution in [1.29, 1.82) is 0 Å². The minimum Gasteiger partial charge on any atom is -0.396 e. The summed E-state index contributed by atoms with van der Waals surface area (Å²) in [6, 6.07) is 5.88. The molecule has 1 aliphatic heterocycles. The van der Waals surface area contributed by atoms with E-state index in [-0.39, 0.29) is 19.1 Å². The zero-order chi connectivity index (χ0) is 15.6. The van der Waals surface area contributed by atoms with Gasteiger partial charge in [-0.3, -0.25) is 0 Å². The Morgan fingerprint density at radius 1 is 1.14 bits per heavy atom. The van der Waals surface area contributed by atoms with Crippen molar-refractivity contribution in [3.8, 4) is 0 Å². The highest BCUT2D eigenvalue weighted by Crippen LogP contribution is 2.33. The number of hydrogen-bond acceptors (Lipinski definition) is 5. The number of aryl methyl sites for hydroxylation is 2. The molecule has 0 spiro atoms. The third kappa shape index (κ3) is 3.44. The molecule has 0 aromatic heterocycles. The monoisotopic (exact) mass is 296 g/mol. The summed E-state index contributed by atoms with van der Waals surface area (Å²) in [6.45, 7) is 5.44. The molecule has 1 aliphatic rings. The van der Waals surface area contributed by atoms with Gasteiger partial charge in [-0.15, -0.1) is 0 Å². The molecule has 3 N–H and O–H groups in total. The summed E-state index contributed by atoms with van der Waals surface area (Å²) in [6.07, 6.45) is -2.90. The number of aliphatic hydroxyl groups is 3. The van der Waals surface area contributed by atoms with Crippen molar-refractivity contribution >= 4 is 0 Å². The first-order chi connectivity index (χ1) is 9.97. The Bertz CT molecular complexity index is 476. The number of aliphatic hydroxyl groups excluding tert-OH is 3. The van der Waals surface area contributed by atoms with E-state index in [1.165, 1.54) is 5.56 Å². The summed E-state index contributed by atoms with van der Waals surface area (Å²) in [7, 11) is 0. The molecule has 5 heteroatoms. The van der Waals surface area contributed by atoms with Gasteiger partial charge in [-0.2, -0.15) is 0 Å². The minimum atomic E-state index is -0.958. The molecule has 2 rings (SSSR count). The second kappa shape index (κ2) is 6.85. The molecule has 5 nitrogen and oxygen atoms in total. The van der Waals surface area contributed by atoms with Crippen molar-refractivity contribution in [3.63, 3.8) is 0 Å². The van der Waals surface area contributed by atoms with Crippen LogP contribution in [0.25, 0.3) is 0 Å². The van der Waals surface area contributed by atoms with Crippen molar-refractivity contribution in [1.82, 2.24) is 0 Å². The molecule has 1 heterocycles. The maximum absolute atomic E-state index is 10.2. The topological polar surface area (TPSA) is 79.2 Å². The number of hydrogen-bond donors (Lipinski definition) is 3. The van der Waals surface area contributed by atoms with Crippen LogP contribution in [0, 0.1) is 19.8 Å². The van der Waals surface area contributed by atoms with E-state index in [2.05, 4.69) is 0 Å². The number of benzene rings is 1. The predicted octanol–water partition coefficient (Wildman–Crippen LogP) is 1.07. The molecular formula is C16H24O5. The smallest absolute Gasteiger partial charge is 0.184 e. The molecule has 5 atom stereocenters. The molecule has 1 fully saturated rings. The van der Waals surface area contributed by atoms with Gasteiger partial charge in [0.15, 0.2) is 6.29 Å². The highest BCUT2D eigenvalue weighted by molar-refractivity contribution is 5.30. The van der Waals surface area contributed by atoms with Gasteiger partial charge >= 0.3 is 0 Å². The fraction of sp³-hybridized carbons (Fsp3) is 0.625. The zero-order valence-corrected chi connectivity index (χ0v) is 12.7. The second-order valence-corrected chi connectivity index (χ2v) is 5.78. The Labute approximate surface area is 125 Å². The number of rotatable bonds is 4. The van der Waals surface area contributed by atoms with E-state index in [1.54, 1.807) is 6.92 Å². The molecule has 0 bridgehead atoms. The van der Waals surface area contributed by atoms with Gasteiger partial charge in [-0.05, 0) is 25.0 Å². The van der Waals surface area contributed by atoms with E-state index in [0.29, 0.717) is 0 Å². The molecule has 0 radical (unpaired) electrons. The Hall–Kier alpha value is -0.980. The van der Waals surface area contributed by atoms with Gasteiger partial charge in [0.1, 0.15) is 12.2 Å². The average Bonchev–Trinajstić information content (AvgIpc) is 2.49. The molecular weight excluding hydrogens is 272 g/mol. The largest absolute Gasteiger partial charge is 0.396 e. The normalized spacial score (nSPS) is 31.1. The van der Waals surface area contributed by atoms with Crippen LogP contribution in [0.3, 0.4) is 0 Å². The van der Waals surface area contributed by atoms with E-state index in [0.717, 1.165) is 11.1 Å². The van der Waals surface area contributed by atoms with E-state index in [1.807, 2.05) is 32.0 Å². The fourth-order valence-electron chi connectivity index (χ4n) is 2.50. The van der Waals surface area contributed by atoms with Gasteiger partial charge < -0.3 is 24.8 Å². The van der Waals surface area contributed by atoms with Crippen LogP contribution in [0.2, 0.25) is 0 Å². The van der Waals surface area contributed by atoms with Gasteiger partial charge in [-0.25, -0.2) is 0 Å². The fourth-order valence-corrected chi connectivity index (χ4v) is 2.50. The number of ether oxygens (including phenoxy) is 2. The maximum atomic E-state index is 10.2. The summed E-state index contributed by atoms with van der Waals surface area (Å²) in [4.78, 5) is 0. The molecule has 5 unspecified atom stereocenters. The molecule has 1 saturated heterocycles. The van der Waals surface area contributed by atoms with Crippen LogP contribution in [-0.2, 0) is 9.47 Å². The van der Waals surface area contributed by atoms with Crippen LogP contribution < -0.4 is 0 Å². The summed E-state index contributed by atoms with van der Waals surface area (Å²) < 4.78 is 11.5. The van der Waals surface area contributed by atoms with Crippen molar-refractivity contribution in [2.75, 3.05) is 13.2 Å². The third-order valence-corrected chi connectivity index (χ3v) is 4.13. The highest BCUT2D eigenvalue weighted by Gasteiger charge is 2.41. The zero-order valence-electron chi connectivity index (χ0n) is 12.7. The van der Waals surface area contributed by atoms with Gasteiger partial charge in [0.05, 0.1) is 12.7 Å². The summed E-state index contributed by atoms with van der Waals surface area (Å²) in [5.41, 5.74) is 3.14. The van der Waals surface area contributed by atoms with Crippen LogP contribution in [0.4, 0.5) is 0 Å². The Balaban J connectivity index is 2.24. The summed E-state index contributed by atoms with van der Waals surface area (Å²) in [5.74, 6) is -0.244. The van der Waals surface area contributed by atoms with Crippen molar-refractivity contribution in [3.05, 3.63) is 34.9 Å². The Morgan fingerprint density at radius 2 is 1.86 bits per heavy atom. The lowest BCUT2D eigenvalue weighted by atomic mass is 9.95. The first kappa shape index (κ1) is 16.4. The van der Waals surface area contributed by atoms with E-state index in [4.69, 9.17) is 9.47 Å². The van der Waals surface area contributed by atoms with E-state index >= 15 is 0 Å². The van der Waals surface area contributed by atoms with Crippen molar-refractivity contribution in [2.24, 2.45) is 5.92 Å². The van der Waals surface area contributed by atoms with Crippen molar-refractivity contribution < 1.29 is 24.8 Å². The minimum absolute atomic E-state index is 0.0977. The molecule has 0 aliphatic carbocycles. The second-order valence-electron chi connectivity index (χ2n) is 5.78. The van der Waals surface area contributed by atoms with Crippen LogP contribution in [-0.4, -0.2) is 46.8 Å². The first-order valence-corrected chi connectivity index (χ1v) is 7.25. The molecule has 21 heavy (non-hydrogen) atoms. The highest BCUT2D eigenvalue weighted by atomic mass is 16.7. The van der Waals surface area contributed by atoms with E-state index < -0.39 is 24.6 Å². The lowest BCUT2D eigenvalue weighted by Gasteiger charge is -2.41. The molecule has 0 amide bonds. The third-order valence-electron chi connectivity index (χ3n) is 4.13. The lowest BCUT2D eigenvalue weighted by Crippen LogP contribution is -2.52. The summed E-state index contributed by atoms with van der Waals surface area (Å²) in [5, 5.41) is 28.9. The predicted molar refractivity (Wildman–Crippen MR) is 77.7 cm³/mol. The van der Waals surface area contributed by atoms with Gasteiger partial charge in [0, 0.05) is 18.1 Å². The maximum Gasteiger partial charge on any atom is 0.184 e. The van der Waals surface area contributed by atoms with Crippen LogP contribution in [0.15, 0.2) is 18.2 Å². The molecule has 1 aromatic carbocycles. The van der Waals surface area contributed by atoms with Gasteiger partial charge in [-0.1, -0.05) is 25.1 Å². The standard InChI is InChI=1S/C16H24O5/c1-9-4-5-12(6-10(9)2)16-20-13(8-18)14(19)15(21-16)11(3)7-17/h4-6,11,13-19H,7-8H2,1-3H3. The Kier molecular flexibility index (Phi) is 5.35. The van der Waals surface area contributed by atoms with Crippen LogP contribution in [0.1, 0.15) is 29.9 Å². The van der Waals surface area contributed by atoms with Crippen LogP contribution in [0.5, 0.6) is 0 Å². The average molecular weight is 296 g/mol. The molecule has 118 valence electrons. The summed E-state index contributed by atoms with van der Waals surface area (Å²) >= 11 is 0. The lowest BCUT2D eigenvalue weighted by molar-refractivity contribution is -0.304. The van der Waals surface area contributed by atoms with Gasteiger partial charge in [0.25, 0.3) is 0 Å². The quantitative estimate of drug-likeness (QED) is 0.774. The van der Waals surface area contributed by atoms with Crippen molar-refractivity contribution in [2.45, 2.75) is 45.4 Å². The Morgan fingerprint density at radius 3 is 2.43 bits per heavy atom. The SMILES string of the molecule is Cc1ccc(C2OC(CO)C(O)C(C(C)CO)O2)cc1C. The molecule has 1 aromatic rings. The van der Waals surface area contributed by atoms with Gasteiger partial charge in [0.2, 0.25) is 0 Å². The first-order valence-electron chi connectivity index (χ1n) is 7.25.